The van der Waals surface area contributed by atoms with Crippen molar-refractivity contribution in [3.63, 3.8) is 0 Å². The SMILES string of the molecule is COc1ccc(CCNC(=S)c2ccccc2OCc2ccc(Cl)cc2Cl)cc1. The number of halogens is 2. The van der Waals surface area contributed by atoms with E-state index in [9.17, 15) is 0 Å². The monoisotopic (exact) mass is 445 g/mol. The van der Waals surface area contributed by atoms with E-state index < -0.39 is 0 Å². The van der Waals surface area contributed by atoms with Crippen LogP contribution in [0.4, 0.5) is 0 Å². The highest BCUT2D eigenvalue weighted by Crippen LogP contribution is 2.24. The number of hydrogen-bond acceptors (Lipinski definition) is 3. The van der Waals surface area contributed by atoms with E-state index >= 15 is 0 Å². The van der Waals surface area contributed by atoms with Crippen molar-refractivity contribution in [2.45, 2.75) is 13.0 Å². The number of benzene rings is 3. The molecule has 0 unspecified atom stereocenters. The van der Waals surface area contributed by atoms with E-state index in [4.69, 9.17) is 44.9 Å². The Bertz CT molecular complexity index is 977. The lowest BCUT2D eigenvalue weighted by Crippen LogP contribution is -2.25. The molecule has 0 aliphatic heterocycles. The van der Waals surface area contributed by atoms with Crippen LogP contribution in [0, 0.1) is 0 Å². The fourth-order valence-electron chi connectivity index (χ4n) is 2.78. The Labute approximate surface area is 186 Å². The Balaban J connectivity index is 1.59. The van der Waals surface area contributed by atoms with Gasteiger partial charge in [-0.3, -0.25) is 0 Å². The van der Waals surface area contributed by atoms with E-state index in [0.29, 0.717) is 27.4 Å². The summed E-state index contributed by atoms with van der Waals surface area (Å²) in [6, 6.07) is 21.1. The van der Waals surface area contributed by atoms with Gasteiger partial charge in [-0.25, -0.2) is 0 Å². The second kappa shape index (κ2) is 10.5. The molecule has 3 aromatic carbocycles. The van der Waals surface area contributed by atoms with Gasteiger partial charge in [0.2, 0.25) is 0 Å². The van der Waals surface area contributed by atoms with Gasteiger partial charge >= 0.3 is 0 Å². The predicted molar refractivity (Wildman–Crippen MR) is 124 cm³/mol. The number of hydrogen-bond donors (Lipinski definition) is 1. The lowest BCUT2D eigenvalue weighted by Gasteiger charge is -2.14. The topological polar surface area (TPSA) is 30.5 Å². The molecule has 0 saturated heterocycles. The highest BCUT2D eigenvalue weighted by Gasteiger charge is 2.10. The second-order valence-electron chi connectivity index (χ2n) is 6.37. The molecule has 0 bridgehead atoms. The summed E-state index contributed by atoms with van der Waals surface area (Å²) in [5.74, 6) is 1.56. The van der Waals surface area contributed by atoms with Crippen molar-refractivity contribution in [2.24, 2.45) is 0 Å². The quantitative estimate of drug-likeness (QED) is 0.425. The first-order chi connectivity index (χ1) is 14.1. The Morgan fingerprint density at radius 2 is 1.76 bits per heavy atom. The smallest absolute Gasteiger partial charge is 0.129 e. The van der Waals surface area contributed by atoms with Crippen LogP contribution in [-0.2, 0) is 13.0 Å². The third-order valence-electron chi connectivity index (χ3n) is 4.39. The Morgan fingerprint density at radius 3 is 2.48 bits per heavy atom. The largest absolute Gasteiger partial charge is 0.497 e. The Kier molecular flexibility index (Phi) is 7.76. The van der Waals surface area contributed by atoms with Gasteiger partial charge in [-0.15, -0.1) is 0 Å². The summed E-state index contributed by atoms with van der Waals surface area (Å²) in [5, 5.41) is 4.49. The molecule has 0 aliphatic carbocycles. The lowest BCUT2D eigenvalue weighted by molar-refractivity contribution is 0.305. The summed E-state index contributed by atoms with van der Waals surface area (Å²) in [5.41, 5.74) is 2.93. The Morgan fingerprint density at radius 1 is 1.00 bits per heavy atom. The zero-order valence-corrected chi connectivity index (χ0v) is 18.3. The van der Waals surface area contributed by atoms with Crippen molar-refractivity contribution in [3.8, 4) is 11.5 Å². The normalized spacial score (nSPS) is 10.4. The molecule has 3 rings (SSSR count). The summed E-state index contributed by atoms with van der Waals surface area (Å²) in [4.78, 5) is 0.649. The molecule has 29 heavy (non-hydrogen) atoms. The molecule has 0 amide bonds. The lowest BCUT2D eigenvalue weighted by atomic mass is 10.1. The van der Waals surface area contributed by atoms with Gasteiger partial charge in [-0.05, 0) is 48.4 Å². The van der Waals surface area contributed by atoms with Gasteiger partial charge in [0, 0.05) is 22.2 Å². The van der Waals surface area contributed by atoms with Crippen LogP contribution in [0.2, 0.25) is 10.0 Å². The summed E-state index contributed by atoms with van der Waals surface area (Å²) < 4.78 is 11.2. The standard InChI is InChI=1S/C23H21Cl2NO2S/c1-27-19-10-6-16(7-11-19)12-13-26-23(29)20-4-2-3-5-22(20)28-15-17-8-9-18(24)14-21(17)25/h2-11,14H,12-13,15H2,1H3,(H,26,29). The first-order valence-corrected chi connectivity index (χ1v) is 10.3. The third kappa shape index (κ3) is 6.10. The summed E-state index contributed by atoms with van der Waals surface area (Å²) >= 11 is 17.8. The van der Waals surface area contributed by atoms with Gasteiger partial charge in [-0.2, -0.15) is 0 Å². The van der Waals surface area contributed by atoms with E-state index in [1.165, 1.54) is 5.56 Å². The molecule has 0 fully saturated rings. The number of methoxy groups -OCH3 is 1. The van der Waals surface area contributed by atoms with Crippen LogP contribution in [0.15, 0.2) is 66.7 Å². The first-order valence-electron chi connectivity index (χ1n) is 9.13. The van der Waals surface area contributed by atoms with Gasteiger partial charge in [0.15, 0.2) is 0 Å². The molecule has 0 heterocycles. The molecule has 0 radical (unpaired) electrons. The molecule has 3 nitrogen and oxygen atoms in total. The van der Waals surface area contributed by atoms with Crippen molar-refractivity contribution < 1.29 is 9.47 Å². The van der Waals surface area contributed by atoms with Crippen LogP contribution in [-0.4, -0.2) is 18.6 Å². The molecule has 1 N–H and O–H groups in total. The van der Waals surface area contributed by atoms with Crippen LogP contribution >= 0.6 is 35.4 Å². The summed E-state index contributed by atoms with van der Waals surface area (Å²) in [6.07, 6.45) is 0.855. The van der Waals surface area contributed by atoms with Crippen LogP contribution in [0.5, 0.6) is 11.5 Å². The molecule has 0 aliphatic rings. The molecule has 0 aromatic heterocycles. The van der Waals surface area contributed by atoms with E-state index in [-0.39, 0.29) is 0 Å². The van der Waals surface area contributed by atoms with Crippen LogP contribution < -0.4 is 14.8 Å². The van der Waals surface area contributed by atoms with Crippen molar-refractivity contribution in [1.82, 2.24) is 5.32 Å². The van der Waals surface area contributed by atoms with Gasteiger partial charge in [-0.1, -0.05) is 65.8 Å². The second-order valence-corrected chi connectivity index (χ2v) is 7.63. The van der Waals surface area contributed by atoms with Gasteiger partial charge in [0.1, 0.15) is 23.1 Å². The molecular formula is C23H21Cl2NO2S. The fourth-order valence-corrected chi connectivity index (χ4v) is 3.52. The highest BCUT2D eigenvalue weighted by atomic mass is 35.5. The minimum atomic E-state index is 0.335. The highest BCUT2D eigenvalue weighted by molar-refractivity contribution is 7.80. The van der Waals surface area contributed by atoms with E-state index in [1.807, 2.05) is 42.5 Å². The zero-order valence-electron chi connectivity index (χ0n) is 16.0. The van der Waals surface area contributed by atoms with E-state index in [2.05, 4.69) is 17.4 Å². The van der Waals surface area contributed by atoms with Gasteiger partial charge in [0.05, 0.1) is 12.7 Å². The Hall–Kier alpha value is -2.27. The third-order valence-corrected chi connectivity index (χ3v) is 5.34. The van der Waals surface area contributed by atoms with Gasteiger partial charge in [0.25, 0.3) is 0 Å². The zero-order chi connectivity index (χ0) is 20.6. The maximum absolute atomic E-state index is 6.23. The van der Waals surface area contributed by atoms with E-state index in [0.717, 1.165) is 29.8 Å². The van der Waals surface area contributed by atoms with Crippen LogP contribution in [0.25, 0.3) is 0 Å². The number of nitrogens with one attached hydrogen (secondary N) is 1. The van der Waals surface area contributed by atoms with Crippen LogP contribution in [0.3, 0.4) is 0 Å². The van der Waals surface area contributed by atoms with Crippen LogP contribution in [0.1, 0.15) is 16.7 Å². The molecule has 0 atom stereocenters. The molecule has 150 valence electrons. The van der Waals surface area contributed by atoms with Crippen molar-refractivity contribution >= 4 is 40.4 Å². The average Bonchev–Trinajstić information content (AvgIpc) is 2.74. The van der Waals surface area contributed by atoms with Gasteiger partial charge < -0.3 is 14.8 Å². The number of rotatable bonds is 8. The fraction of sp³-hybridized carbons (Fsp3) is 0.174. The summed E-state index contributed by atoms with van der Waals surface area (Å²) in [6.45, 7) is 1.06. The van der Waals surface area contributed by atoms with E-state index in [1.54, 1.807) is 19.2 Å². The minimum absolute atomic E-state index is 0.335. The molecular weight excluding hydrogens is 425 g/mol. The maximum atomic E-state index is 6.23. The molecule has 0 saturated carbocycles. The number of thiocarbonyl (C=S) groups is 1. The van der Waals surface area contributed by atoms with Crippen molar-refractivity contribution in [2.75, 3.05) is 13.7 Å². The number of para-hydroxylation sites is 1. The summed E-state index contributed by atoms with van der Waals surface area (Å²) in [7, 11) is 1.66. The molecule has 6 heteroatoms. The van der Waals surface area contributed by atoms with Crippen molar-refractivity contribution in [1.29, 1.82) is 0 Å². The average molecular weight is 446 g/mol. The molecule has 3 aromatic rings. The molecule has 0 spiro atoms. The number of ether oxygens (including phenoxy) is 2. The first kappa shape index (κ1) is 21.4. The minimum Gasteiger partial charge on any atom is -0.497 e. The maximum Gasteiger partial charge on any atom is 0.129 e. The van der Waals surface area contributed by atoms with Crippen molar-refractivity contribution in [3.05, 3.63) is 93.5 Å². The predicted octanol–water partition coefficient (Wildman–Crippen LogP) is 6.09.